The molecule has 0 aromatic heterocycles. The predicted octanol–water partition coefficient (Wildman–Crippen LogP) is 4.16. The van der Waals surface area contributed by atoms with E-state index < -0.39 is 0 Å². The molecule has 19 heavy (non-hydrogen) atoms. The second kappa shape index (κ2) is 9.77. The quantitative estimate of drug-likeness (QED) is 0.606. The van der Waals surface area contributed by atoms with E-state index in [0.29, 0.717) is 5.41 Å². The molecule has 0 spiro atoms. The van der Waals surface area contributed by atoms with Gasteiger partial charge in [0.05, 0.1) is 0 Å². The van der Waals surface area contributed by atoms with Gasteiger partial charge in [0.25, 0.3) is 0 Å². The maximum absolute atomic E-state index is 3.55. The molecule has 0 aromatic carbocycles. The van der Waals surface area contributed by atoms with Gasteiger partial charge >= 0.3 is 0 Å². The van der Waals surface area contributed by atoms with Crippen molar-refractivity contribution in [2.45, 2.75) is 73.8 Å². The summed E-state index contributed by atoms with van der Waals surface area (Å²) < 4.78 is 0. The normalized spacial score (nSPS) is 15.5. The molecule has 0 rings (SSSR count). The summed E-state index contributed by atoms with van der Waals surface area (Å²) >= 11 is 0. The Balaban J connectivity index is 4.74. The lowest BCUT2D eigenvalue weighted by molar-refractivity contribution is 0.0960. The van der Waals surface area contributed by atoms with E-state index in [9.17, 15) is 0 Å². The second-order valence-corrected chi connectivity index (χ2v) is 6.74. The van der Waals surface area contributed by atoms with Crippen molar-refractivity contribution in [2.75, 3.05) is 26.2 Å². The van der Waals surface area contributed by atoms with Gasteiger partial charge in [-0.2, -0.15) is 0 Å². The fourth-order valence-corrected chi connectivity index (χ4v) is 2.83. The van der Waals surface area contributed by atoms with Crippen LogP contribution in [0, 0.1) is 11.3 Å². The first-order chi connectivity index (χ1) is 8.92. The first kappa shape index (κ1) is 18.9. The van der Waals surface area contributed by atoms with Crippen LogP contribution in [0.3, 0.4) is 0 Å². The molecule has 0 fully saturated rings. The van der Waals surface area contributed by atoms with Gasteiger partial charge in [0, 0.05) is 25.7 Å². The van der Waals surface area contributed by atoms with Gasteiger partial charge in [-0.25, -0.2) is 0 Å². The van der Waals surface area contributed by atoms with Crippen molar-refractivity contribution in [3.05, 3.63) is 0 Å². The van der Waals surface area contributed by atoms with E-state index in [1.54, 1.807) is 0 Å². The molecule has 2 heteroatoms. The fraction of sp³-hybridized carbons (Fsp3) is 1.00. The summed E-state index contributed by atoms with van der Waals surface area (Å²) in [4.78, 5) is 2.74. The Morgan fingerprint density at radius 2 is 1.63 bits per heavy atom. The topological polar surface area (TPSA) is 15.3 Å². The predicted molar refractivity (Wildman–Crippen MR) is 87.7 cm³/mol. The summed E-state index contributed by atoms with van der Waals surface area (Å²) in [7, 11) is 0. The van der Waals surface area contributed by atoms with Crippen LogP contribution in [0.5, 0.6) is 0 Å². The Labute approximate surface area is 122 Å². The Kier molecular flexibility index (Phi) is 9.72. The third kappa shape index (κ3) is 7.31. The van der Waals surface area contributed by atoms with Crippen molar-refractivity contribution >= 4 is 0 Å². The maximum atomic E-state index is 3.55. The van der Waals surface area contributed by atoms with Crippen LogP contribution >= 0.6 is 0 Å². The van der Waals surface area contributed by atoms with Gasteiger partial charge in [-0.1, -0.05) is 48.5 Å². The molecule has 2 nitrogen and oxygen atoms in total. The molecule has 0 aromatic rings. The lowest BCUT2D eigenvalue weighted by atomic mass is 9.85. The first-order valence-corrected chi connectivity index (χ1v) is 8.37. The van der Waals surface area contributed by atoms with Gasteiger partial charge in [-0.05, 0) is 37.1 Å². The number of nitrogens with zero attached hydrogens (tertiary/aromatic N) is 1. The molecule has 0 saturated heterocycles. The monoisotopic (exact) mass is 270 g/mol. The van der Waals surface area contributed by atoms with E-state index >= 15 is 0 Å². The minimum atomic E-state index is 0.396. The van der Waals surface area contributed by atoms with Gasteiger partial charge in [-0.15, -0.1) is 0 Å². The average Bonchev–Trinajstić information content (AvgIpc) is 2.37. The average molecular weight is 271 g/mol. The van der Waals surface area contributed by atoms with Gasteiger partial charge in [0.2, 0.25) is 0 Å². The molecule has 0 amide bonds. The zero-order chi connectivity index (χ0) is 14.9. The van der Waals surface area contributed by atoms with Crippen LogP contribution in [0.2, 0.25) is 0 Å². The number of hydrogen-bond donors (Lipinski definition) is 1. The Hall–Kier alpha value is -0.0800. The lowest BCUT2D eigenvalue weighted by Gasteiger charge is -2.40. The molecule has 0 bridgehead atoms. The minimum Gasteiger partial charge on any atom is -0.316 e. The summed E-state index contributed by atoms with van der Waals surface area (Å²) in [5.41, 5.74) is 0.396. The maximum Gasteiger partial charge on any atom is 0.00903 e. The number of nitrogens with one attached hydrogen (secondary N) is 1. The van der Waals surface area contributed by atoms with E-state index in [1.807, 2.05) is 0 Å². The third-order valence-corrected chi connectivity index (χ3v) is 4.30. The van der Waals surface area contributed by atoms with Crippen LogP contribution in [0.1, 0.15) is 67.7 Å². The van der Waals surface area contributed by atoms with Crippen molar-refractivity contribution in [1.29, 1.82) is 0 Å². The van der Waals surface area contributed by atoms with Crippen molar-refractivity contribution in [2.24, 2.45) is 11.3 Å². The molecular formula is C17H38N2. The lowest BCUT2D eigenvalue weighted by Crippen LogP contribution is -2.47. The van der Waals surface area contributed by atoms with Crippen molar-refractivity contribution < 1.29 is 0 Å². The molecule has 0 aliphatic carbocycles. The van der Waals surface area contributed by atoms with Crippen LogP contribution in [0.4, 0.5) is 0 Å². The molecule has 0 aliphatic rings. The Morgan fingerprint density at radius 3 is 2.00 bits per heavy atom. The zero-order valence-electron chi connectivity index (χ0n) is 14.6. The summed E-state index contributed by atoms with van der Waals surface area (Å²) in [5, 5.41) is 3.55. The Morgan fingerprint density at radius 1 is 1.05 bits per heavy atom. The number of hydrogen-bond acceptors (Lipinski definition) is 2. The van der Waals surface area contributed by atoms with E-state index in [-0.39, 0.29) is 0 Å². The molecule has 1 unspecified atom stereocenters. The van der Waals surface area contributed by atoms with Crippen LogP contribution in [-0.4, -0.2) is 37.1 Å². The molecule has 1 atom stereocenters. The SMILES string of the molecule is CCNCC(C)(CC)CN(CC(C)C)C(CC)CC. The molecular weight excluding hydrogens is 232 g/mol. The molecule has 116 valence electrons. The first-order valence-electron chi connectivity index (χ1n) is 8.37. The van der Waals surface area contributed by atoms with Gasteiger partial charge in [0.15, 0.2) is 0 Å². The summed E-state index contributed by atoms with van der Waals surface area (Å²) in [6.07, 6.45) is 3.78. The van der Waals surface area contributed by atoms with Crippen LogP contribution < -0.4 is 5.32 Å². The smallest absolute Gasteiger partial charge is 0.00903 e. The number of rotatable bonds is 11. The van der Waals surface area contributed by atoms with Crippen LogP contribution in [0.25, 0.3) is 0 Å². The zero-order valence-corrected chi connectivity index (χ0v) is 14.6. The van der Waals surface area contributed by atoms with Gasteiger partial charge < -0.3 is 5.32 Å². The molecule has 1 N–H and O–H groups in total. The van der Waals surface area contributed by atoms with Crippen LogP contribution in [-0.2, 0) is 0 Å². The highest BCUT2D eigenvalue weighted by molar-refractivity contribution is 4.83. The summed E-state index contributed by atoms with van der Waals surface area (Å²) in [6.45, 7) is 21.0. The molecule has 0 saturated carbocycles. The largest absolute Gasteiger partial charge is 0.316 e. The molecule has 0 heterocycles. The second-order valence-electron chi connectivity index (χ2n) is 6.74. The summed E-state index contributed by atoms with van der Waals surface area (Å²) in [5.74, 6) is 0.751. The fourth-order valence-electron chi connectivity index (χ4n) is 2.83. The van der Waals surface area contributed by atoms with Crippen molar-refractivity contribution in [3.8, 4) is 0 Å². The van der Waals surface area contributed by atoms with Crippen molar-refractivity contribution in [3.63, 3.8) is 0 Å². The van der Waals surface area contributed by atoms with Crippen LogP contribution in [0.15, 0.2) is 0 Å². The van der Waals surface area contributed by atoms with Gasteiger partial charge in [-0.3, -0.25) is 4.90 Å². The highest BCUT2D eigenvalue weighted by atomic mass is 15.2. The highest BCUT2D eigenvalue weighted by Gasteiger charge is 2.27. The highest BCUT2D eigenvalue weighted by Crippen LogP contribution is 2.25. The van der Waals surface area contributed by atoms with E-state index in [1.165, 1.54) is 32.4 Å². The minimum absolute atomic E-state index is 0.396. The van der Waals surface area contributed by atoms with E-state index in [0.717, 1.165) is 25.0 Å². The summed E-state index contributed by atoms with van der Waals surface area (Å²) in [6, 6.07) is 0.745. The molecule has 0 aliphatic heterocycles. The standard InChI is InChI=1S/C17H38N2/c1-8-16(9-2)19(12-15(5)6)14-17(7,10-3)13-18-11-4/h15-16,18H,8-14H2,1-7H3. The van der Waals surface area contributed by atoms with Gasteiger partial charge in [0.1, 0.15) is 0 Å². The Bertz CT molecular complexity index is 211. The molecule has 0 radical (unpaired) electrons. The third-order valence-electron chi connectivity index (χ3n) is 4.30. The van der Waals surface area contributed by atoms with E-state index in [4.69, 9.17) is 0 Å². The van der Waals surface area contributed by atoms with E-state index in [2.05, 4.69) is 58.7 Å². The van der Waals surface area contributed by atoms with Crippen molar-refractivity contribution in [1.82, 2.24) is 10.2 Å².